The number of amides is 1. The van der Waals surface area contributed by atoms with Gasteiger partial charge in [-0.3, -0.25) is 0 Å². The van der Waals surface area contributed by atoms with Crippen molar-refractivity contribution < 1.29 is 14.3 Å². The lowest BCUT2D eigenvalue weighted by Crippen LogP contribution is -2.39. The molecule has 1 saturated heterocycles. The zero-order valence-electron chi connectivity index (χ0n) is 23.6. The van der Waals surface area contributed by atoms with Crippen molar-refractivity contribution in [2.45, 2.75) is 39.7 Å². The van der Waals surface area contributed by atoms with Crippen LogP contribution in [0.25, 0.3) is 11.2 Å². The molecule has 1 aliphatic heterocycles. The first-order valence-electron chi connectivity index (χ1n) is 13.6. The van der Waals surface area contributed by atoms with E-state index in [9.17, 15) is 4.79 Å². The third kappa shape index (κ3) is 5.72. The molecule has 5 aromatic rings. The summed E-state index contributed by atoms with van der Waals surface area (Å²) in [5.41, 5.74) is 3.93. The van der Waals surface area contributed by atoms with Crippen LogP contribution in [0.15, 0.2) is 61.4 Å². The van der Waals surface area contributed by atoms with Gasteiger partial charge in [-0.2, -0.15) is 10.2 Å². The van der Waals surface area contributed by atoms with Gasteiger partial charge in [-0.1, -0.05) is 0 Å². The molecule has 1 aliphatic rings. The summed E-state index contributed by atoms with van der Waals surface area (Å²) in [5.74, 6) is 2.13. The number of carbonyl (C=O) groups is 1. The van der Waals surface area contributed by atoms with Gasteiger partial charge in [-0.05, 0) is 70.0 Å². The van der Waals surface area contributed by atoms with E-state index in [0.717, 1.165) is 46.8 Å². The molecule has 212 valence electrons. The van der Waals surface area contributed by atoms with Gasteiger partial charge in [0.15, 0.2) is 11.5 Å². The fourth-order valence-electron chi connectivity index (χ4n) is 4.92. The molecular formula is C29H33N9O3. The van der Waals surface area contributed by atoms with Gasteiger partial charge in [-0.25, -0.2) is 23.8 Å². The van der Waals surface area contributed by atoms with Gasteiger partial charge in [0.25, 0.3) is 0 Å². The summed E-state index contributed by atoms with van der Waals surface area (Å²) >= 11 is 0. The second kappa shape index (κ2) is 10.6. The second-order valence-corrected chi connectivity index (χ2v) is 11.0. The molecule has 12 nitrogen and oxygen atoms in total. The van der Waals surface area contributed by atoms with E-state index in [1.807, 2.05) is 81.0 Å². The molecule has 1 aromatic carbocycles. The average Bonchev–Trinajstić information content (AvgIpc) is 3.50. The molecule has 1 fully saturated rings. The molecule has 5 heterocycles. The highest BCUT2D eigenvalue weighted by Gasteiger charge is 2.26. The van der Waals surface area contributed by atoms with Gasteiger partial charge in [0.2, 0.25) is 0 Å². The highest BCUT2D eigenvalue weighted by molar-refractivity contribution is 5.86. The van der Waals surface area contributed by atoms with Crippen LogP contribution in [0.3, 0.4) is 0 Å². The van der Waals surface area contributed by atoms with E-state index in [-0.39, 0.29) is 6.09 Å². The van der Waals surface area contributed by atoms with Crippen LogP contribution in [-0.4, -0.2) is 72.0 Å². The van der Waals surface area contributed by atoms with Crippen LogP contribution < -0.4 is 15.0 Å². The standard InChI is InChI=1S/C29H33N9O3/c1-20-16-21(6-7-24(20)40-22-8-12-37-25(17-22)30-18-32-37)34-27-26-23(9-13-38(26)33-19-31-27)35-10-5-11-36(15-14-35)28(39)41-29(2,3)4/h6-9,12-13,16-19H,5,10-11,14-15H2,1-4H3,(H,31,33,34). The smallest absolute Gasteiger partial charge is 0.410 e. The Bertz CT molecular complexity index is 1710. The molecule has 0 saturated carbocycles. The Morgan fingerprint density at radius 3 is 2.56 bits per heavy atom. The van der Waals surface area contributed by atoms with Crippen molar-refractivity contribution in [3.8, 4) is 11.5 Å². The van der Waals surface area contributed by atoms with Crippen molar-refractivity contribution >= 4 is 34.4 Å². The molecule has 41 heavy (non-hydrogen) atoms. The lowest BCUT2D eigenvalue weighted by Gasteiger charge is -2.26. The molecule has 1 amide bonds. The quantitative estimate of drug-likeness (QED) is 0.318. The summed E-state index contributed by atoms with van der Waals surface area (Å²) in [5, 5.41) is 12.0. The monoisotopic (exact) mass is 555 g/mol. The van der Waals surface area contributed by atoms with Crippen molar-refractivity contribution in [1.29, 1.82) is 0 Å². The van der Waals surface area contributed by atoms with E-state index in [1.165, 1.54) is 12.7 Å². The Kier molecular flexibility index (Phi) is 6.82. The van der Waals surface area contributed by atoms with Gasteiger partial charge < -0.3 is 24.6 Å². The van der Waals surface area contributed by atoms with Gasteiger partial charge in [0.05, 0.1) is 5.69 Å². The Hall–Kier alpha value is -4.87. The van der Waals surface area contributed by atoms with Crippen molar-refractivity contribution in [2.75, 3.05) is 36.4 Å². The third-order valence-corrected chi connectivity index (χ3v) is 6.84. The number of nitrogens with one attached hydrogen (secondary N) is 1. The predicted octanol–water partition coefficient (Wildman–Crippen LogP) is 5.06. The van der Waals surface area contributed by atoms with E-state index in [0.29, 0.717) is 31.2 Å². The number of carbonyl (C=O) groups excluding carboxylic acids is 1. The van der Waals surface area contributed by atoms with E-state index in [1.54, 1.807) is 9.42 Å². The maximum Gasteiger partial charge on any atom is 0.410 e. The highest BCUT2D eigenvalue weighted by atomic mass is 16.6. The Morgan fingerprint density at radius 1 is 0.927 bits per heavy atom. The van der Waals surface area contributed by atoms with E-state index < -0.39 is 5.60 Å². The Balaban J connectivity index is 1.20. The summed E-state index contributed by atoms with van der Waals surface area (Å²) in [6.07, 6.45) is 7.36. The first-order chi connectivity index (χ1) is 19.7. The largest absolute Gasteiger partial charge is 0.457 e. The topological polar surface area (TPSA) is 114 Å². The number of aromatic nitrogens is 6. The predicted molar refractivity (Wildman–Crippen MR) is 155 cm³/mol. The van der Waals surface area contributed by atoms with E-state index in [4.69, 9.17) is 9.47 Å². The fraction of sp³-hybridized carbons (Fsp3) is 0.345. The number of anilines is 3. The van der Waals surface area contributed by atoms with Gasteiger partial charge in [-0.15, -0.1) is 0 Å². The number of benzene rings is 1. The third-order valence-electron chi connectivity index (χ3n) is 6.84. The van der Waals surface area contributed by atoms with Crippen molar-refractivity contribution in [3.05, 3.63) is 67.0 Å². The minimum absolute atomic E-state index is 0.270. The molecule has 0 radical (unpaired) electrons. The second-order valence-electron chi connectivity index (χ2n) is 11.0. The molecule has 1 N–H and O–H groups in total. The van der Waals surface area contributed by atoms with Gasteiger partial charge in [0, 0.05) is 50.3 Å². The van der Waals surface area contributed by atoms with Crippen LogP contribution in [0.4, 0.5) is 22.0 Å². The zero-order valence-corrected chi connectivity index (χ0v) is 23.6. The SMILES string of the molecule is Cc1cc(Nc2ncnn3ccc(N4CCCN(C(=O)OC(C)(C)C)CC4)c23)ccc1Oc1ccn2ncnc2c1. The van der Waals surface area contributed by atoms with Crippen LogP contribution in [0.2, 0.25) is 0 Å². The Labute approximate surface area is 237 Å². The minimum Gasteiger partial charge on any atom is -0.457 e. The molecule has 0 aliphatic carbocycles. The van der Waals surface area contributed by atoms with Crippen LogP contribution in [0.5, 0.6) is 11.5 Å². The maximum absolute atomic E-state index is 12.7. The molecule has 6 rings (SSSR count). The molecule has 12 heteroatoms. The first-order valence-corrected chi connectivity index (χ1v) is 13.6. The van der Waals surface area contributed by atoms with Crippen molar-refractivity contribution in [2.24, 2.45) is 0 Å². The molecule has 0 unspecified atom stereocenters. The summed E-state index contributed by atoms with van der Waals surface area (Å²) in [6, 6.07) is 11.7. The molecule has 0 spiro atoms. The van der Waals surface area contributed by atoms with Crippen LogP contribution in [0.1, 0.15) is 32.8 Å². The number of aryl methyl sites for hydroxylation is 1. The lowest BCUT2D eigenvalue weighted by atomic mass is 10.2. The summed E-state index contributed by atoms with van der Waals surface area (Å²) < 4.78 is 15.2. The zero-order chi connectivity index (χ0) is 28.6. The molecular weight excluding hydrogens is 522 g/mol. The molecule has 0 bridgehead atoms. The van der Waals surface area contributed by atoms with Crippen LogP contribution in [-0.2, 0) is 4.74 Å². The number of fused-ring (bicyclic) bond motifs is 2. The maximum atomic E-state index is 12.7. The van der Waals surface area contributed by atoms with Crippen LogP contribution >= 0.6 is 0 Å². The number of hydrogen-bond acceptors (Lipinski definition) is 9. The van der Waals surface area contributed by atoms with Gasteiger partial charge >= 0.3 is 6.09 Å². The van der Waals surface area contributed by atoms with Crippen LogP contribution in [0, 0.1) is 6.92 Å². The number of nitrogens with zero attached hydrogens (tertiary/aromatic N) is 8. The number of rotatable bonds is 5. The number of hydrogen-bond donors (Lipinski definition) is 1. The number of ether oxygens (including phenoxy) is 2. The fourth-order valence-corrected chi connectivity index (χ4v) is 4.92. The van der Waals surface area contributed by atoms with Crippen molar-refractivity contribution in [1.82, 2.24) is 34.1 Å². The van der Waals surface area contributed by atoms with E-state index in [2.05, 4.69) is 30.4 Å². The molecule has 4 aromatic heterocycles. The first kappa shape index (κ1) is 26.4. The summed E-state index contributed by atoms with van der Waals surface area (Å²) in [6.45, 7) is 10.4. The number of pyridine rings is 1. The van der Waals surface area contributed by atoms with E-state index >= 15 is 0 Å². The van der Waals surface area contributed by atoms with Crippen molar-refractivity contribution in [3.63, 3.8) is 0 Å². The normalized spacial score (nSPS) is 14.3. The Morgan fingerprint density at radius 2 is 1.73 bits per heavy atom. The summed E-state index contributed by atoms with van der Waals surface area (Å²) in [7, 11) is 0. The average molecular weight is 556 g/mol. The molecule has 0 atom stereocenters. The highest BCUT2D eigenvalue weighted by Crippen LogP contribution is 2.32. The minimum atomic E-state index is -0.519. The summed E-state index contributed by atoms with van der Waals surface area (Å²) in [4.78, 5) is 25.5. The van der Waals surface area contributed by atoms with Gasteiger partial charge in [0.1, 0.15) is 35.3 Å². The lowest BCUT2D eigenvalue weighted by molar-refractivity contribution is 0.0263.